The van der Waals surface area contributed by atoms with Crippen molar-refractivity contribution in [1.82, 2.24) is 5.32 Å². The van der Waals surface area contributed by atoms with E-state index in [1.807, 2.05) is 0 Å². The molecule has 0 atom stereocenters. The van der Waals surface area contributed by atoms with E-state index in [1.54, 1.807) is 25.3 Å². The summed E-state index contributed by atoms with van der Waals surface area (Å²) in [6.45, 7) is 1.24. The van der Waals surface area contributed by atoms with Gasteiger partial charge in [-0.05, 0) is 19.0 Å². The number of methoxy groups -OCH3 is 1. The maximum atomic E-state index is 10.5. The quantitative estimate of drug-likeness (QED) is 0.612. The number of ether oxygens (including phenoxy) is 1. The minimum Gasteiger partial charge on any atom is -0.507 e. The van der Waals surface area contributed by atoms with Crippen molar-refractivity contribution < 1.29 is 14.6 Å². The predicted molar refractivity (Wildman–Crippen MR) is 64.8 cm³/mol. The second kappa shape index (κ2) is 6.75. The van der Waals surface area contributed by atoms with Crippen LogP contribution in [0.1, 0.15) is 18.4 Å². The van der Waals surface area contributed by atoms with Crippen molar-refractivity contribution in [2.45, 2.75) is 19.4 Å². The summed E-state index contributed by atoms with van der Waals surface area (Å²) < 4.78 is 4.99. The van der Waals surface area contributed by atoms with E-state index in [0.717, 1.165) is 5.56 Å². The fourth-order valence-corrected chi connectivity index (χ4v) is 1.43. The van der Waals surface area contributed by atoms with Gasteiger partial charge in [-0.15, -0.1) is 0 Å². The average molecular weight is 238 g/mol. The molecule has 0 spiro atoms. The van der Waals surface area contributed by atoms with Crippen LogP contribution in [0.5, 0.6) is 11.5 Å². The smallest absolute Gasteiger partial charge is 0.217 e. The van der Waals surface area contributed by atoms with Crippen molar-refractivity contribution in [2.24, 2.45) is 5.73 Å². The Morgan fingerprint density at radius 2 is 2.29 bits per heavy atom. The molecular formula is C12H18N2O3. The van der Waals surface area contributed by atoms with Gasteiger partial charge in [-0.3, -0.25) is 4.79 Å². The molecule has 0 heterocycles. The molecule has 1 aromatic carbocycles. The van der Waals surface area contributed by atoms with Crippen LogP contribution in [-0.2, 0) is 11.3 Å². The van der Waals surface area contributed by atoms with Gasteiger partial charge in [-0.2, -0.15) is 0 Å². The van der Waals surface area contributed by atoms with E-state index in [0.29, 0.717) is 31.7 Å². The van der Waals surface area contributed by atoms with Gasteiger partial charge in [0.15, 0.2) is 0 Å². The Morgan fingerprint density at radius 3 is 2.88 bits per heavy atom. The molecule has 0 fully saturated rings. The molecule has 5 nitrogen and oxygen atoms in total. The Kier molecular flexibility index (Phi) is 5.29. The monoisotopic (exact) mass is 238 g/mol. The number of hydrogen-bond donors (Lipinski definition) is 3. The fourth-order valence-electron chi connectivity index (χ4n) is 1.43. The Balaban J connectivity index is 2.34. The van der Waals surface area contributed by atoms with Crippen molar-refractivity contribution in [2.75, 3.05) is 13.7 Å². The van der Waals surface area contributed by atoms with Crippen LogP contribution in [0.2, 0.25) is 0 Å². The molecule has 0 unspecified atom stereocenters. The van der Waals surface area contributed by atoms with Crippen molar-refractivity contribution in [3.63, 3.8) is 0 Å². The van der Waals surface area contributed by atoms with Crippen LogP contribution < -0.4 is 15.8 Å². The Hall–Kier alpha value is -1.75. The molecule has 0 radical (unpaired) electrons. The van der Waals surface area contributed by atoms with Gasteiger partial charge < -0.3 is 20.9 Å². The first-order chi connectivity index (χ1) is 8.13. The van der Waals surface area contributed by atoms with E-state index in [-0.39, 0.29) is 11.7 Å². The first-order valence-corrected chi connectivity index (χ1v) is 5.48. The number of carbonyl (C=O) groups is 1. The summed E-state index contributed by atoms with van der Waals surface area (Å²) in [5.74, 6) is 0.533. The number of primary amides is 1. The van der Waals surface area contributed by atoms with E-state index in [9.17, 15) is 9.90 Å². The van der Waals surface area contributed by atoms with Gasteiger partial charge in [0.2, 0.25) is 5.91 Å². The summed E-state index contributed by atoms with van der Waals surface area (Å²) in [6.07, 6.45) is 1.08. The van der Waals surface area contributed by atoms with Gasteiger partial charge in [0.05, 0.1) is 7.11 Å². The van der Waals surface area contributed by atoms with E-state index < -0.39 is 0 Å². The normalized spacial score (nSPS) is 10.2. The highest BCUT2D eigenvalue weighted by molar-refractivity contribution is 5.73. The van der Waals surface area contributed by atoms with Crippen LogP contribution in [0.3, 0.4) is 0 Å². The summed E-state index contributed by atoms with van der Waals surface area (Å²) in [6, 6.07) is 5.16. The zero-order chi connectivity index (χ0) is 12.7. The maximum Gasteiger partial charge on any atom is 0.217 e. The molecule has 0 aliphatic carbocycles. The van der Waals surface area contributed by atoms with Gasteiger partial charge in [-0.1, -0.05) is 6.07 Å². The summed E-state index contributed by atoms with van der Waals surface area (Å²) in [7, 11) is 1.55. The third-order valence-corrected chi connectivity index (χ3v) is 2.38. The first-order valence-electron chi connectivity index (χ1n) is 5.48. The minimum absolute atomic E-state index is 0.201. The Labute approximate surface area is 101 Å². The lowest BCUT2D eigenvalue weighted by Crippen LogP contribution is -2.18. The number of nitrogens with one attached hydrogen (secondary N) is 1. The fraction of sp³-hybridized carbons (Fsp3) is 0.417. The molecule has 94 valence electrons. The summed E-state index contributed by atoms with van der Waals surface area (Å²) >= 11 is 0. The second-order valence-corrected chi connectivity index (χ2v) is 3.74. The van der Waals surface area contributed by atoms with Gasteiger partial charge in [0.25, 0.3) is 0 Å². The standard InChI is InChI=1S/C12H18N2O3/c1-17-10-5-4-9(11(15)7-10)8-14-6-2-3-12(13)16/h4-5,7,14-15H,2-3,6,8H2,1H3,(H2,13,16). The molecule has 17 heavy (non-hydrogen) atoms. The number of carbonyl (C=O) groups excluding carboxylic acids is 1. The topological polar surface area (TPSA) is 84.6 Å². The second-order valence-electron chi connectivity index (χ2n) is 3.74. The summed E-state index contributed by atoms with van der Waals surface area (Å²) in [5.41, 5.74) is 5.82. The Morgan fingerprint density at radius 1 is 1.53 bits per heavy atom. The Bertz CT molecular complexity index is 380. The molecule has 1 rings (SSSR count). The summed E-state index contributed by atoms with van der Waals surface area (Å²) in [5, 5.41) is 12.8. The van der Waals surface area contributed by atoms with Crippen molar-refractivity contribution in [3.05, 3.63) is 23.8 Å². The van der Waals surface area contributed by atoms with Crippen LogP contribution in [0, 0.1) is 0 Å². The molecule has 0 aliphatic rings. The van der Waals surface area contributed by atoms with Crippen LogP contribution in [0.4, 0.5) is 0 Å². The van der Waals surface area contributed by atoms with E-state index in [1.165, 1.54) is 0 Å². The van der Waals surface area contributed by atoms with Gasteiger partial charge in [0, 0.05) is 24.6 Å². The van der Waals surface area contributed by atoms with E-state index in [4.69, 9.17) is 10.5 Å². The lowest BCUT2D eigenvalue weighted by molar-refractivity contribution is -0.118. The minimum atomic E-state index is -0.293. The molecule has 0 saturated carbocycles. The number of nitrogens with two attached hydrogens (primary N) is 1. The number of benzene rings is 1. The molecule has 4 N–H and O–H groups in total. The van der Waals surface area contributed by atoms with Gasteiger partial charge in [0.1, 0.15) is 11.5 Å². The van der Waals surface area contributed by atoms with Crippen LogP contribution in [0.15, 0.2) is 18.2 Å². The molecule has 5 heteroatoms. The number of aromatic hydroxyl groups is 1. The summed E-state index contributed by atoms with van der Waals surface area (Å²) in [4.78, 5) is 10.5. The van der Waals surface area contributed by atoms with Gasteiger partial charge >= 0.3 is 0 Å². The molecule has 0 aromatic heterocycles. The molecule has 1 amide bonds. The highest BCUT2D eigenvalue weighted by atomic mass is 16.5. The van der Waals surface area contributed by atoms with Crippen LogP contribution >= 0.6 is 0 Å². The SMILES string of the molecule is COc1ccc(CNCCCC(N)=O)c(O)c1. The molecule has 0 aliphatic heterocycles. The third-order valence-electron chi connectivity index (χ3n) is 2.38. The maximum absolute atomic E-state index is 10.5. The van der Waals surface area contributed by atoms with Crippen molar-refractivity contribution in [1.29, 1.82) is 0 Å². The number of phenols is 1. The first kappa shape index (κ1) is 13.3. The largest absolute Gasteiger partial charge is 0.507 e. The highest BCUT2D eigenvalue weighted by Crippen LogP contribution is 2.22. The molecular weight excluding hydrogens is 220 g/mol. The number of hydrogen-bond acceptors (Lipinski definition) is 4. The predicted octanol–water partition coefficient (Wildman–Crippen LogP) is 0.756. The zero-order valence-electron chi connectivity index (χ0n) is 9.90. The van der Waals surface area contributed by atoms with Crippen LogP contribution in [0.25, 0.3) is 0 Å². The lowest BCUT2D eigenvalue weighted by Gasteiger charge is -2.08. The number of phenolic OH excluding ortho intramolecular Hbond substituents is 1. The lowest BCUT2D eigenvalue weighted by atomic mass is 10.2. The van der Waals surface area contributed by atoms with E-state index in [2.05, 4.69) is 5.32 Å². The van der Waals surface area contributed by atoms with Crippen molar-refractivity contribution in [3.8, 4) is 11.5 Å². The number of rotatable bonds is 7. The van der Waals surface area contributed by atoms with Gasteiger partial charge in [-0.25, -0.2) is 0 Å². The van der Waals surface area contributed by atoms with Crippen LogP contribution in [-0.4, -0.2) is 24.7 Å². The van der Waals surface area contributed by atoms with Crippen molar-refractivity contribution >= 4 is 5.91 Å². The van der Waals surface area contributed by atoms with E-state index >= 15 is 0 Å². The molecule has 1 aromatic rings. The molecule has 0 saturated heterocycles. The number of amides is 1. The zero-order valence-corrected chi connectivity index (χ0v) is 9.90. The highest BCUT2D eigenvalue weighted by Gasteiger charge is 2.02. The molecule has 0 bridgehead atoms. The average Bonchev–Trinajstić information content (AvgIpc) is 2.30. The third kappa shape index (κ3) is 4.74.